The topological polar surface area (TPSA) is 73.1 Å². The Morgan fingerprint density at radius 2 is 1.68 bits per heavy atom. The third-order valence-corrected chi connectivity index (χ3v) is 10.9. The van der Waals surface area contributed by atoms with Gasteiger partial charge in [0.2, 0.25) is 0 Å². The van der Waals surface area contributed by atoms with Crippen molar-refractivity contribution in [1.29, 1.82) is 0 Å². The van der Waals surface area contributed by atoms with Crippen molar-refractivity contribution in [3.63, 3.8) is 0 Å². The highest BCUT2D eigenvalue weighted by atomic mass is 127. The van der Waals surface area contributed by atoms with Crippen LogP contribution in [-0.2, 0) is 11.4 Å². The number of allylic oxidation sites excluding steroid dienone is 1. The van der Waals surface area contributed by atoms with E-state index in [-0.39, 0.29) is 11.5 Å². The van der Waals surface area contributed by atoms with Crippen LogP contribution < -0.4 is 24.4 Å². The van der Waals surface area contributed by atoms with Gasteiger partial charge in [0.05, 0.1) is 30.1 Å². The molecule has 0 spiro atoms. The fourth-order valence-electron chi connectivity index (χ4n) is 5.97. The molecule has 0 N–H and O–H groups in total. The molecule has 0 aliphatic carbocycles. The SMILES string of the molecule is CCN(CC)C(=O)C1=C(C)N=c2s/c(=C/c3cc(I)c(OCc4ccccc4)c(I)c3)c(=O)n2[C@@H]1c1c(OC)ccc2ccccc12. The molecule has 6 rings (SSSR count). The second-order valence-corrected chi connectivity index (χ2v) is 14.4. The van der Waals surface area contributed by atoms with Gasteiger partial charge in [-0.2, -0.15) is 0 Å². The van der Waals surface area contributed by atoms with Crippen LogP contribution in [-0.4, -0.2) is 35.6 Å². The van der Waals surface area contributed by atoms with Crippen molar-refractivity contribution >= 4 is 79.3 Å². The van der Waals surface area contributed by atoms with E-state index in [2.05, 4.69) is 45.2 Å². The van der Waals surface area contributed by atoms with Crippen LogP contribution in [0.2, 0.25) is 0 Å². The number of benzene rings is 4. The van der Waals surface area contributed by atoms with Crippen LogP contribution >= 0.6 is 56.5 Å². The maximum atomic E-state index is 14.5. The van der Waals surface area contributed by atoms with E-state index < -0.39 is 6.04 Å². The zero-order chi connectivity index (χ0) is 33.2. The summed E-state index contributed by atoms with van der Waals surface area (Å²) in [5, 5.41) is 1.91. The van der Waals surface area contributed by atoms with Crippen LogP contribution in [0.3, 0.4) is 0 Å². The van der Waals surface area contributed by atoms with Crippen molar-refractivity contribution in [2.24, 2.45) is 4.99 Å². The van der Waals surface area contributed by atoms with Crippen LogP contribution in [0.15, 0.2) is 99.9 Å². The molecule has 0 saturated heterocycles. The van der Waals surface area contributed by atoms with Gasteiger partial charge in [-0.15, -0.1) is 0 Å². The monoisotopic (exact) mass is 869 g/mol. The second kappa shape index (κ2) is 14.3. The first kappa shape index (κ1) is 33.4. The van der Waals surface area contributed by atoms with E-state index in [4.69, 9.17) is 14.5 Å². The molecule has 1 amide bonds. The van der Waals surface area contributed by atoms with Gasteiger partial charge in [0, 0.05) is 18.7 Å². The molecule has 4 aromatic carbocycles. The Balaban J connectivity index is 1.51. The number of nitrogens with zero attached hydrogens (tertiary/aromatic N) is 3. The van der Waals surface area contributed by atoms with E-state index in [1.165, 1.54) is 11.3 Å². The molecule has 1 aliphatic rings. The maximum absolute atomic E-state index is 14.5. The quantitative estimate of drug-likeness (QED) is 0.149. The smallest absolute Gasteiger partial charge is 0.271 e. The molecule has 240 valence electrons. The third-order valence-electron chi connectivity index (χ3n) is 8.27. The molecule has 0 saturated carbocycles. The number of carbonyl (C=O) groups excluding carboxylic acids is 1. The first-order valence-corrected chi connectivity index (χ1v) is 18.3. The summed E-state index contributed by atoms with van der Waals surface area (Å²) in [5.41, 5.74) is 3.61. The van der Waals surface area contributed by atoms with Crippen LogP contribution in [0.5, 0.6) is 11.5 Å². The Hall–Kier alpha value is -3.49. The fourth-order valence-corrected chi connectivity index (χ4v) is 9.14. The largest absolute Gasteiger partial charge is 0.496 e. The van der Waals surface area contributed by atoms with Crippen molar-refractivity contribution in [2.45, 2.75) is 33.4 Å². The molecule has 1 aliphatic heterocycles. The highest BCUT2D eigenvalue weighted by molar-refractivity contribution is 14.1. The van der Waals surface area contributed by atoms with E-state index >= 15 is 0 Å². The summed E-state index contributed by atoms with van der Waals surface area (Å²) in [6.07, 6.45) is 1.90. The van der Waals surface area contributed by atoms with E-state index in [1.54, 1.807) is 16.6 Å². The highest BCUT2D eigenvalue weighted by Gasteiger charge is 2.36. The molecule has 7 nitrogen and oxygen atoms in total. The lowest BCUT2D eigenvalue weighted by Gasteiger charge is -2.30. The Morgan fingerprint density at radius 3 is 2.36 bits per heavy atom. The van der Waals surface area contributed by atoms with Gasteiger partial charge in [0.25, 0.3) is 11.5 Å². The van der Waals surface area contributed by atoms with Gasteiger partial charge in [-0.25, -0.2) is 4.99 Å². The van der Waals surface area contributed by atoms with E-state index in [9.17, 15) is 9.59 Å². The highest BCUT2D eigenvalue weighted by Crippen LogP contribution is 2.40. The van der Waals surface area contributed by atoms with Crippen LogP contribution in [0, 0.1) is 7.14 Å². The van der Waals surface area contributed by atoms with Gasteiger partial charge in [-0.05, 0) is 112 Å². The maximum Gasteiger partial charge on any atom is 0.271 e. The Morgan fingerprint density at radius 1 is 1.00 bits per heavy atom. The number of hydrogen-bond acceptors (Lipinski definition) is 6. The summed E-state index contributed by atoms with van der Waals surface area (Å²) in [7, 11) is 1.62. The number of ether oxygens (including phenoxy) is 2. The normalized spacial score (nSPS) is 14.6. The number of rotatable bonds is 9. The summed E-state index contributed by atoms with van der Waals surface area (Å²) in [4.78, 5) is 35.9. The number of likely N-dealkylation sites (N-methyl/N-ethyl adjacent to an activating group) is 1. The lowest BCUT2D eigenvalue weighted by atomic mass is 9.90. The number of hydrogen-bond donors (Lipinski definition) is 0. The summed E-state index contributed by atoms with van der Waals surface area (Å²) >= 11 is 5.89. The Kier molecular flexibility index (Phi) is 10.2. The average Bonchev–Trinajstić information content (AvgIpc) is 3.37. The summed E-state index contributed by atoms with van der Waals surface area (Å²) in [6, 6.07) is 25.3. The number of fused-ring (bicyclic) bond motifs is 2. The lowest BCUT2D eigenvalue weighted by molar-refractivity contribution is -0.127. The molecule has 1 atom stereocenters. The van der Waals surface area contributed by atoms with Crippen molar-refractivity contribution in [3.8, 4) is 11.5 Å². The number of thiazole rings is 1. The molecule has 2 heterocycles. The van der Waals surface area contributed by atoms with Gasteiger partial charge in [-0.1, -0.05) is 72.0 Å². The van der Waals surface area contributed by atoms with E-state index in [0.717, 1.165) is 40.4 Å². The number of carbonyl (C=O) groups is 1. The van der Waals surface area contributed by atoms with Crippen molar-refractivity contribution in [3.05, 3.63) is 134 Å². The Labute approximate surface area is 304 Å². The molecule has 10 heteroatoms. The molecule has 47 heavy (non-hydrogen) atoms. The number of aromatic nitrogens is 1. The predicted octanol–water partition coefficient (Wildman–Crippen LogP) is 7.05. The van der Waals surface area contributed by atoms with Crippen molar-refractivity contribution < 1.29 is 14.3 Å². The standard InChI is InChI=1S/C37H33I2N3O4S/c1-5-41(6-2)36(44)31-22(3)40-37-42(33(31)32-26-15-11-10-14-25(26)16-17-29(32)45-4)35(43)30(47-37)20-24-18-27(38)34(28(39)19-24)46-21-23-12-8-7-9-13-23/h7-20,33H,5-6,21H2,1-4H3/b30-20+/t33-/m0/s1. The minimum Gasteiger partial charge on any atom is -0.496 e. The molecular formula is C37H33I2N3O4S. The number of amides is 1. The molecule has 5 aromatic rings. The van der Waals surface area contributed by atoms with Gasteiger partial charge in [-0.3, -0.25) is 14.2 Å². The molecular weight excluding hydrogens is 836 g/mol. The summed E-state index contributed by atoms with van der Waals surface area (Å²) in [5.74, 6) is 1.28. The van der Waals surface area contributed by atoms with E-state index in [0.29, 0.717) is 46.0 Å². The average molecular weight is 870 g/mol. The van der Waals surface area contributed by atoms with Crippen LogP contribution in [0.25, 0.3) is 16.8 Å². The summed E-state index contributed by atoms with van der Waals surface area (Å²) in [6.45, 7) is 7.33. The third kappa shape index (κ3) is 6.51. The minimum atomic E-state index is -0.725. The second-order valence-electron chi connectivity index (χ2n) is 11.0. The van der Waals surface area contributed by atoms with Crippen molar-refractivity contribution in [2.75, 3.05) is 20.2 Å². The molecule has 1 aromatic heterocycles. The minimum absolute atomic E-state index is 0.138. The Bertz CT molecular complexity index is 2180. The van der Waals surface area contributed by atoms with Gasteiger partial charge >= 0.3 is 0 Å². The molecule has 0 bridgehead atoms. The van der Waals surface area contributed by atoms with Crippen LogP contribution in [0.4, 0.5) is 0 Å². The lowest BCUT2D eigenvalue weighted by Crippen LogP contribution is -2.43. The molecule has 0 radical (unpaired) electrons. The zero-order valence-electron chi connectivity index (χ0n) is 26.4. The fraction of sp³-hybridized carbons (Fsp3) is 0.216. The van der Waals surface area contributed by atoms with Gasteiger partial charge < -0.3 is 14.4 Å². The van der Waals surface area contributed by atoms with Crippen molar-refractivity contribution in [1.82, 2.24) is 9.47 Å². The predicted molar refractivity (Wildman–Crippen MR) is 205 cm³/mol. The van der Waals surface area contributed by atoms with Gasteiger partial charge in [0.15, 0.2) is 4.80 Å². The molecule has 0 fully saturated rings. The van der Waals surface area contributed by atoms with Crippen LogP contribution in [0.1, 0.15) is 43.5 Å². The van der Waals surface area contributed by atoms with Gasteiger partial charge in [0.1, 0.15) is 24.1 Å². The summed E-state index contributed by atoms with van der Waals surface area (Å²) < 4.78 is 16.2. The zero-order valence-corrected chi connectivity index (χ0v) is 31.6. The first-order chi connectivity index (χ1) is 22.7. The number of methoxy groups -OCH3 is 1. The molecule has 0 unspecified atom stereocenters. The first-order valence-electron chi connectivity index (χ1n) is 15.3. The van der Waals surface area contributed by atoms with E-state index in [1.807, 2.05) is 106 Å². The number of halogens is 2.